The molecule has 3 aliphatic rings. The second-order valence-corrected chi connectivity index (χ2v) is 22.1. The number of benzene rings is 1. The number of nitrogens with one attached hydrogen (secondary N) is 7. The molecule has 0 unspecified atom stereocenters. The molecular weight excluding hydrogens is 941 g/mol. The zero-order valence-electron chi connectivity index (χ0n) is 44.7. The van der Waals surface area contributed by atoms with Gasteiger partial charge in [0.25, 0.3) is 0 Å². The first-order valence-corrected chi connectivity index (χ1v) is 27.9. The highest BCUT2D eigenvalue weighted by Gasteiger charge is 2.37. The number of nitrogens with zero attached hydrogens (tertiary/aromatic N) is 1. The lowest BCUT2D eigenvalue weighted by Gasteiger charge is -2.32. The van der Waals surface area contributed by atoms with E-state index in [0.717, 1.165) is 113 Å². The minimum atomic E-state index is -1.19. The molecular formula is C55H90N12O7. The smallest absolute Gasteiger partial charge is 0.243 e. The third kappa shape index (κ3) is 18.6. The van der Waals surface area contributed by atoms with Gasteiger partial charge in [-0.05, 0) is 79.7 Å². The van der Waals surface area contributed by atoms with Crippen molar-refractivity contribution in [2.24, 2.45) is 57.5 Å². The van der Waals surface area contributed by atoms with Gasteiger partial charge < -0.3 is 59.8 Å². The van der Waals surface area contributed by atoms with E-state index in [4.69, 9.17) is 22.9 Å². The van der Waals surface area contributed by atoms with E-state index >= 15 is 0 Å². The van der Waals surface area contributed by atoms with Crippen LogP contribution in [-0.4, -0.2) is 101 Å². The number of nitrogens with two attached hydrogens (primary N) is 4. The molecule has 3 fully saturated rings. The fourth-order valence-electron chi connectivity index (χ4n) is 11.2. The molecule has 1 aromatic carbocycles. The van der Waals surface area contributed by atoms with Gasteiger partial charge in [0.15, 0.2) is 5.96 Å². The van der Waals surface area contributed by atoms with E-state index in [9.17, 15) is 33.6 Å². The average Bonchev–Trinajstić information content (AvgIpc) is 3.79. The number of fused-ring (bicyclic) bond motifs is 1. The van der Waals surface area contributed by atoms with Crippen LogP contribution in [-0.2, 0) is 40.0 Å². The maximum atomic E-state index is 14.6. The number of hydrogen-bond donors (Lipinski definition) is 11. The molecule has 0 bridgehead atoms. The van der Waals surface area contributed by atoms with Gasteiger partial charge >= 0.3 is 0 Å². The third-order valence-corrected chi connectivity index (χ3v) is 15.9. The minimum Gasteiger partial charge on any atom is -0.370 e. The van der Waals surface area contributed by atoms with E-state index < -0.39 is 89.6 Å². The van der Waals surface area contributed by atoms with Crippen molar-refractivity contribution in [3.8, 4) is 0 Å². The number of aliphatic imine (C=N–C) groups is 1. The summed E-state index contributed by atoms with van der Waals surface area (Å²) in [5, 5.41) is 18.5. The van der Waals surface area contributed by atoms with Crippen LogP contribution in [0, 0.1) is 29.6 Å². The summed E-state index contributed by atoms with van der Waals surface area (Å²) in [6.07, 6.45) is 19.0. The monoisotopic (exact) mass is 1030 g/mol. The number of H-pyrrole nitrogens is 1. The molecule has 7 amide bonds. The van der Waals surface area contributed by atoms with Crippen LogP contribution in [0.25, 0.3) is 10.9 Å². The molecule has 0 saturated heterocycles. The van der Waals surface area contributed by atoms with Crippen molar-refractivity contribution in [2.45, 2.75) is 211 Å². The molecule has 0 aliphatic heterocycles. The molecule has 5 rings (SSSR count). The van der Waals surface area contributed by atoms with Crippen LogP contribution in [0.5, 0.6) is 0 Å². The van der Waals surface area contributed by atoms with E-state index in [1.165, 1.54) is 0 Å². The third-order valence-electron chi connectivity index (χ3n) is 15.9. The van der Waals surface area contributed by atoms with Gasteiger partial charge in [0.2, 0.25) is 41.4 Å². The lowest BCUT2D eigenvalue weighted by molar-refractivity contribution is -0.136. The Morgan fingerprint density at radius 3 is 1.57 bits per heavy atom. The summed E-state index contributed by atoms with van der Waals surface area (Å²) in [5.41, 5.74) is 25.4. The summed E-state index contributed by atoms with van der Waals surface area (Å²) in [6.45, 7) is 7.46. The average molecular weight is 1030 g/mol. The normalized spacial score (nSPS) is 19.1. The Balaban J connectivity index is 1.33. The van der Waals surface area contributed by atoms with Crippen LogP contribution in [0.3, 0.4) is 0 Å². The molecule has 0 spiro atoms. The van der Waals surface area contributed by atoms with Gasteiger partial charge in [0.1, 0.15) is 36.3 Å². The molecule has 3 saturated carbocycles. The van der Waals surface area contributed by atoms with E-state index in [2.05, 4.69) is 41.9 Å². The molecule has 19 nitrogen and oxygen atoms in total. The first kappa shape index (κ1) is 59.2. The van der Waals surface area contributed by atoms with Crippen molar-refractivity contribution in [3.63, 3.8) is 0 Å². The number of aromatic nitrogens is 1. The summed E-state index contributed by atoms with van der Waals surface area (Å²) in [4.78, 5) is 106. The molecule has 74 heavy (non-hydrogen) atoms. The summed E-state index contributed by atoms with van der Waals surface area (Å²) in [6, 6.07) is 0.494. The fourth-order valence-corrected chi connectivity index (χ4v) is 11.2. The molecule has 0 radical (unpaired) electrons. The number of hydrogen-bond acceptors (Lipinski definition) is 9. The Bertz CT molecular complexity index is 2180. The molecule has 2 aromatic rings. The van der Waals surface area contributed by atoms with Crippen molar-refractivity contribution in [1.29, 1.82) is 0 Å². The second-order valence-electron chi connectivity index (χ2n) is 22.1. The maximum absolute atomic E-state index is 14.6. The standard InChI is InChI=1S/C55H90N12O7/c1-5-34(4)47(54(74)63-43(48(57)68)28-35-18-9-6-10-19-35)67-52(72)45(30-37-22-13-8-14-23-37)65-50(70)42(26-17-27-60-55(58)59)62-53(73)46(33(2)3)66-51(71)44(29-36-20-11-7-12-21-36)64-49(69)40(56)31-38-32-61-41-25-16-15-24-39(38)41/h15-16,24-25,32-37,40,42-47,61H,5-14,17-23,26-31,56H2,1-4H3,(H2,57,68)(H,62,73)(H,63,74)(H,64,69)(H,65,70)(H,66,71)(H,67,72)(H4,58,59,60)/t34-,40-,42-,43-,44-,45-,46+,47-/m0/s1. The number of primary amides is 1. The Hall–Kier alpha value is -5.72. The van der Waals surface area contributed by atoms with Gasteiger partial charge in [-0.1, -0.05) is 149 Å². The van der Waals surface area contributed by atoms with Crippen LogP contribution in [0.4, 0.5) is 0 Å². The number of aromatic amines is 1. The van der Waals surface area contributed by atoms with Crippen LogP contribution in [0.15, 0.2) is 35.5 Å². The number of carbonyl (C=O) groups excluding carboxylic acids is 7. The summed E-state index contributed by atoms with van der Waals surface area (Å²) in [7, 11) is 0. The van der Waals surface area contributed by atoms with Crippen molar-refractivity contribution in [2.75, 3.05) is 6.54 Å². The van der Waals surface area contributed by atoms with Gasteiger partial charge in [-0.2, -0.15) is 0 Å². The highest BCUT2D eigenvalue weighted by atomic mass is 16.2. The largest absolute Gasteiger partial charge is 0.370 e. The number of rotatable bonds is 28. The van der Waals surface area contributed by atoms with Crippen LogP contribution in [0.1, 0.15) is 168 Å². The van der Waals surface area contributed by atoms with Gasteiger partial charge in [-0.15, -0.1) is 0 Å². The van der Waals surface area contributed by atoms with E-state index in [-0.39, 0.29) is 55.4 Å². The molecule has 15 N–H and O–H groups in total. The molecule has 1 heterocycles. The highest BCUT2D eigenvalue weighted by molar-refractivity contribution is 5.97. The lowest BCUT2D eigenvalue weighted by atomic mass is 9.84. The summed E-state index contributed by atoms with van der Waals surface area (Å²) >= 11 is 0. The molecule has 412 valence electrons. The molecule has 19 heteroatoms. The molecule has 1 aromatic heterocycles. The van der Waals surface area contributed by atoms with Crippen molar-refractivity contribution in [3.05, 3.63) is 36.0 Å². The van der Waals surface area contributed by atoms with Crippen molar-refractivity contribution in [1.82, 2.24) is 36.9 Å². The maximum Gasteiger partial charge on any atom is 0.243 e. The first-order valence-electron chi connectivity index (χ1n) is 27.9. The van der Waals surface area contributed by atoms with E-state index in [1.807, 2.05) is 44.3 Å². The van der Waals surface area contributed by atoms with Crippen LogP contribution < -0.4 is 54.8 Å². The zero-order chi connectivity index (χ0) is 53.7. The predicted molar refractivity (Wildman–Crippen MR) is 289 cm³/mol. The van der Waals surface area contributed by atoms with Gasteiger partial charge in [-0.25, -0.2) is 0 Å². The van der Waals surface area contributed by atoms with Crippen molar-refractivity contribution < 1.29 is 33.6 Å². The zero-order valence-corrected chi connectivity index (χ0v) is 44.7. The Morgan fingerprint density at radius 1 is 0.595 bits per heavy atom. The highest BCUT2D eigenvalue weighted by Crippen LogP contribution is 2.30. The van der Waals surface area contributed by atoms with E-state index in [1.54, 1.807) is 13.8 Å². The second kappa shape index (κ2) is 30.0. The SMILES string of the molecule is CC[C@H](C)[C@H](NC(=O)[C@H](CC1CCCCC1)NC(=O)[C@H](CCCN=C(N)N)NC(=O)[C@H](NC(=O)[C@H](CC1CCCCC1)NC(=O)[C@@H](N)Cc1c[nH]c2ccccc12)C(C)C)C(=O)N[C@@H](CC1CCCCC1)C(N)=O. The van der Waals surface area contributed by atoms with Gasteiger partial charge in [0.05, 0.1) is 6.04 Å². The molecule has 8 atom stereocenters. The Morgan fingerprint density at radius 2 is 1.05 bits per heavy atom. The molecule has 3 aliphatic carbocycles. The van der Waals surface area contributed by atoms with E-state index in [0.29, 0.717) is 25.7 Å². The minimum absolute atomic E-state index is 0.0764. The fraction of sp³-hybridized carbons (Fsp3) is 0.709. The van der Waals surface area contributed by atoms with Gasteiger partial charge in [-0.3, -0.25) is 38.6 Å². The summed E-state index contributed by atoms with van der Waals surface area (Å²) in [5.74, 6) is -4.35. The summed E-state index contributed by atoms with van der Waals surface area (Å²) < 4.78 is 0. The Labute approximate surface area is 438 Å². The van der Waals surface area contributed by atoms with Crippen LogP contribution in [0.2, 0.25) is 0 Å². The Kier molecular flexibility index (Phi) is 24.0. The van der Waals surface area contributed by atoms with Crippen molar-refractivity contribution >= 4 is 58.2 Å². The number of carbonyl (C=O) groups is 7. The number of amides is 7. The predicted octanol–water partition coefficient (Wildman–Crippen LogP) is 4.10. The topological polar surface area (TPSA) is 324 Å². The first-order chi connectivity index (χ1) is 35.4. The van der Waals surface area contributed by atoms with Gasteiger partial charge in [0, 0.05) is 23.6 Å². The lowest BCUT2D eigenvalue weighted by Crippen LogP contribution is -2.61. The van der Waals surface area contributed by atoms with Crippen LogP contribution >= 0.6 is 0 Å². The quantitative estimate of drug-likeness (QED) is 0.0329. The number of guanidine groups is 1. The number of para-hydroxylation sites is 1.